The van der Waals surface area contributed by atoms with E-state index in [-0.39, 0.29) is 6.04 Å². The van der Waals surface area contributed by atoms with E-state index >= 15 is 0 Å². The molecule has 0 amide bonds. The molecule has 4 heteroatoms. The number of rotatable bonds is 5. The number of hydrogen-bond donors (Lipinski definition) is 0. The van der Waals surface area contributed by atoms with Crippen LogP contribution >= 0.6 is 0 Å². The number of likely N-dealkylation sites (tertiary alicyclic amines) is 1. The summed E-state index contributed by atoms with van der Waals surface area (Å²) in [4.78, 5) is 12.6. The van der Waals surface area contributed by atoms with Gasteiger partial charge in [0.15, 0.2) is 0 Å². The predicted octanol–water partition coefficient (Wildman–Crippen LogP) is 1.25. The van der Waals surface area contributed by atoms with Gasteiger partial charge in [-0.15, -0.1) is 0 Å². The van der Waals surface area contributed by atoms with Crippen LogP contribution in [0, 0.1) is 4.91 Å². The van der Waals surface area contributed by atoms with Crippen LogP contribution < -0.4 is 0 Å². The van der Waals surface area contributed by atoms with Gasteiger partial charge in [0.05, 0.1) is 6.04 Å². The van der Waals surface area contributed by atoms with E-state index in [0.717, 1.165) is 45.5 Å². The minimum Gasteiger partial charge on any atom is -0.385 e. The number of nitroso groups, excluding NO2 is 1. The summed E-state index contributed by atoms with van der Waals surface area (Å²) < 4.78 is 4.98. The zero-order chi connectivity index (χ0) is 9.52. The number of piperidine rings is 1. The van der Waals surface area contributed by atoms with Crippen LogP contribution in [0.15, 0.2) is 5.18 Å². The Morgan fingerprint density at radius 1 is 1.46 bits per heavy atom. The standard InChI is InChI=1S/C9H18N2O2/c1-13-8-2-5-11-6-3-9(10-12)4-7-11/h9H,2-8H2,1H3. The van der Waals surface area contributed by atoms with Gasteiger partial charge >= 0.3 is 0 Å². The van der Waals surface area contributed by atoms with Crippen LogP contribution in [0.4, 0.5) is 0 Å². The van der Waals surface area contributed by atoms with Crippen LogP contribution in [0.2, 0.25) is 0 Å². The van der Waals surface area contributed by atoms with Crippen LogP contribution in [0.5, 0.6) is 0 Å². The largest absolute Gasteiger partial charge is 0.385 e. The molecule has 1 saturated heterocycles. The fraction of sp³-hybridized carbons (Fsp3) is 1.00. The summed E-state index contributed by atoms with van der Waals surface area (Å²) in [7, 11) is 1.72. The summed E-state index contributed by atoms with van der Waals surface area (Å²) in [6.07, 6.45) is 2.93. The third-order valence-electron chi connectivity index (χ3n) is 2.53. The van der Waals surface area contributed by atoms with E-state index in [1.54, 1.807) is 7.11 Å². The first-order valence-corrected chi connectivity index (χ1v) is 4.90. The third-order valence-corrected chi connectivity index (χ3v) is 2.53. The molecule has 1 heterocycles. The lowest BCUT2D eigenvalue weighted by atomic mass is 10.1. The molecule has 1 rings (SSSR count). The number of methoxy groups -OCH3 is 1. The van der Waals surface area contributed by atoms with Gasteiger partial charge in [0, 0.05) is 33.4 Å². The summed E-state index contributed by atoms with van der Waals surface area (Å²) in [5.41, 5.74) is 0. The van der Waals surface area contributed by atoms with E-state index in [0.29, 0.717) is 0 Å². The SMILES string of the molecule is COCCCN1CCC(N=O)CC1. The van der Waals surface area contributed by atoms with Crippen molar-refractivity contribution >= 4 is 0 Å². The van der Waals surface area contributed by atoms with Gasteiger partial charge < -0.3 is 9.64 Å². The Morgan fingerprint density at radius 3 is 2.69 bits per heavy atom. The molecular formula is C9H18N2O2. The van der Waals surface area contributed by atoms with E-state index < -0.39 is 0 Å². The number of ether oxygens (including phenoxy) is 1. The third kappa shape index (κ3) is 3.83. The molecule has 4 nitrogen and oxygen atoms in total. The normalized spacial score (nSPS) is 20.4. The molecule has 0 radical (unpaired) electrons. The number of nitrogens with zero attached hydrogens (tertiary/aromatic N) is 2. The van der Waals surface area contributed by atoms with Crippen molar-refractivity contribution in [2.45, 2.75) is 25.3 Å². The second-order valence-electron chi connectivity index (χ2n) is 3.52. The average Bonchev–Trinajstić information content (AvgIpc) is 2.19. The minimum absolute atomic E-state index is 0.0682. The van der Waals surface area contributed by atoms with Crippen LogP contribution in [-0.4, -0.2) is 44.3 Å². The lowest BCUT2D eigenvalue weighted by Gasteiger charge is -2.28. The highest BCUT2D eigenvalue weighted by atomic mass is 16.5. The molecule has 0 aromatic heterocycles. The monoisotopic (exact) mass is 186 g/mol. The Morgan fingerprint density at radius 2 is 2.15 bits per heavy atom. The van der Waals surface area contributed by atoms with Crippen molar-refractivity contribution in [3.05, 3.63) is 4.91 Å². The molecule has 1 aliphatic heterocycles. The highest BCUT2D eigenvalue weighted by Crippen LogP contribution is 2.12. The summed E-state index contributed by atoms with van der Waals surface area (Å²) in [6.45, 7) is 3.94. The van der Waals surface area contributed by atoms with Crippen molar-refractivity contribution < 1.29 is 4.74 Å². The molecule has 0 aromatic rings. The Hall–Kier alpha value is -0.480. The fourth-order valence-corrected chi connectivity index (χ4v) is 1.68. The van der Waals surface area contributed by atoms with E-state index in [1.165, 1.54) is 0 Å². The van der Waals surface area contributed by atoms with E-state index in [9.17, 15) is 4.91 Å². The first-order chi connectivity index (χ1) is 6.36. The zero-order valence-electron chi connectivity index (χ0n) is 8.24. The predicted molar refractivity (Wildman–Crippen MR) is 51.8 cm³/mol. The van der Waals surface area contributed by atoms with Gasteiger partial charge in [0.25, 0.3) is 0 Å². The van der Waals surface area contributed by atoms with E-state index in [2.05, 4.69) is 10.1 Å². The van der Waals surface area contributed by atoms with Crippen LogP contribution in [0.25, 0.3) is 0 Å². The van der Waals surface area contributed by atoms with Crippen LogP contribution in [-0.2, 0) is 4.74 Å². The van der Waals surface area contributed by atoms with Crippen molar-refractivity contribution in [2.24, 2.45) is 5.18 Å². The van der Waals surface area contributed by atoms with E-state index in [4.69, 9.17) is 4.74 Å². The van der Waals surface area contributed by atoms with Crippen molar-refractivity contribution in [1.82, 2.24) is 4.90 Å². The molecule has 0 unspecified atom stereocenters. The van der Waals surface area contributed by atoms with Crippen LogP contribution in [0.3, 0.4) is 0 Å². The molecule has 0 N–H and O–H groups in total. The van der Waals surface area contributed by atoms with Crippen molar-refractivity contribution in [1.29, 1.82) is 0 Å². The molecule has 0 saturated carbocycles. The highest BCUT2D eigenvalue weighted by Gasteiger charge is 2.18. The molecule has 76 valence electrons. The Kier molecular flexibility index (Phi) is 4.93. The maximum atomic E-state index is 10.2. The Balaban J connectivity index is 2.07. The Labute approximate surface area is 79.2 Å². The van der Waals surface area contributed by atoms with Gasteiger partial charge in [0.2, 0.25) is 0 Å². The van der Waals surface area contributed by atoms with Gasteiger partial charge in [-0.2, -0.15) is 4.91 Å². The lowest BCUT2D eigenvalue weighted by molar-refractivity contribution is 0.158. The molecule has 0 aromatic carbocycles. The smallest absolute Gasteiger partial charge is 0.0944 e. The molecule has 13 heavy (non-hydrogen) atoms. The first-order valence-electron chi connectivity index (χ1n) is 4.90. The van der Waals surface area contributed by atoms with Gasteiger partial charge in [-0.1, -0.05) is 5.18 Å². The van der Waals surface area contributed by atoms with Gasteiger partial charge in [-0.3, -0.25) is 0 Å². The quantitative estimate of drug-likeness (QED) is 0.479. The zero-order valence-corrected chi connectivity index (χ0v) is 8.24. The van der Waals surface area contributed by atoms with Gasteiger partial charge in [0.1, 0.15) is 0 Å². The second-order valence-corrected chi connectivity index (χ2v) is 3.52. The first kappa shape index (κ1) is 10.6. The molecule has 1 aliphatic rings. The average molecular weight is 186 g/mol. The summed E-state index contributed by atoms with van der Waals surface area (Å²) in [5.74, 6) is 0. The van der Waals surface area contributed by atoms with Crippen molar-refractivity contribution in [3.8, 4) is 0 Å². The van der Waals surface area contributed by atoms with Gasteiger partial charge in [-0.05, 0) is 19.3 Å². The molecular weight excluding hydrogens is 168 g/mol. The fourth-order valence-electron chi connectivity index (χ4n) is 1.68. The van der Waals surface area contributed by atoms with Crippen molar-refractivity contribution in [2.75, 3.05) is 33.4 Å². The molecule has 0 atom stereocenters. The highest BCUT2D eigenvalue weighted by molar-refractivity contribution is 4.76. The number of hydrogen-bond acceptors (Lipinski definition) is 4. The molecule has 0 aliphatic carbocycles. The van der Waals surface area contributed by atoms with Gasteiger partial charge in [-0.25, -0.2) is 0 Å². The Bertz CT molecular complexity index is 145. The minimum atomic E-state index is 0.0682. The second kappa shape index (κ2) is 6.05. The molecule has 0 bridgehead atoms. The maximum Gasteiger partial charge on any atom is 0.0944 e. The summed E-state index contributed by atoms with van der Waals surface area (Å²) >= 11 is 0. The topological polar surface area (TPSA) is 41.9 Å². The molecule has 0 spiro atoms. The van der Waals surface area contributed by atoms with E-state index in [1.807, 2.05) is 0 Å². The lowest BCUT2D eigenvalue weighted by Crippen LogP contribution is -2.36. The van der Waals surface area contributed by atoms with Crippen LogP contribution in [0.1, 0.15) is 19.3 Å². The molecule has 1 fully saturated rings. The summed E-state index contributed by atoms with van der Waals surface area (Å²) in [6, 6.07) is 0.0682. The van der Waals surface area contributed by atoms with Crippen molar-refractivity contribution in [3.63, 3.8) is 0 Å². The maximum absolute atomic E-state index is 10.2. The summed E-state index contributed by atoms with van der Waals surface area (Å²) in [5, 5.41) is 3.08.